The van der Waals surface area contributed by atoms with Crippen LogP contribution in [0.3, 0.4) is 0 Å². The molecule has 0 aliphatic rings. The van der Waals surface area contributed by atoms with E-state index in [1.165, 1.54) is 19.1 Å². The Morgan fingerprint density at radius 2 is 1.93 bits per heavy atom. The predicted octanol–water partition coefficient (Wildman–Crippen LogP) is 2.09. The Kier molecular flexibility index (Phi) is 3.36. The van der Waals surface area contributed by atoms with Gasteiger partial charge in [0, 0.05) is 0 Å². The fraction of sp³-hybridized carbons (Fsp3) is 0.400. The van der Waals surface area contributed by atoms with Crippen molar-refractivity contribution in [3.05, 3.63) is 35.4 Å². The fourth-order valence-electron chi connectivity index (χ4n) is 1.20. The smallest absolute Gasteiger partial charge is 0.391 e. The highest BCUT2D eigenvalue weighted by atomic mass is 19.4. The van der Waals surface area contributed by atoms with E-state index in [4.69, 9.17) is 10.8 Å². The maximum Gasteiger partial charge on any atom is 0.416 e. The van der Waals surface area contributed by atoms with Gasteiger partial charge in [-0.05, 0) is 24.6 Å². The van der Waals surface area contributed by atoms with Gasteiger partial charge in [-0.3, -0.25) is 0 Å². The summed E-state index contributed by atoms with van der Waals surface area (Å²) in [6.45, 7) is 1.44. The highest BCUT2D eigenvalue weighted by molar-refractivity contribution is 5.28. The van der Waals surface area contributed by atoms with Crippen LogP contribution in [0.2, 0.25) is 0 Å². The van der Waals surface area contributed by atoms with Crippen molar-refractivity contribution >= 4 is 0 Å². The van der Waals surface area contributed by atoms with Crippen molar-refractivity contribution in [3.63, 3.8) is 0 Å². The predicted molar refractivity (Wildman–Crippen MR) is 50.1 cm³/mol. The van der Waals surface area contributed by atoms with E-state index in [-0.39, 0.29) is 5.56 Å². The fourth-order valence-corrected chi connectivity index (χ4v) is 1.20. The number of halogens is 3. The summed E-state index contributed by atoms with van der Waals surface area (Å²) < 4.78 is 37.0. The molecule has 15 heavy (non-hydrogen) atoms. The van der Waals surface area contributed by atoms with Crippen LogP contribution in [0.1, 0.15) is 24.1 Å². The van der Waals surface area contributed by atoms with Crippen LogP contribution in [0.25, 0.3) is 0 Å². The maximum atomic E-state index is 12.3. The van der Waals surface area contributed by atoms with Crippen molar-refractivity contribution in [1.29, 1.82) is 0 Å². The summed E-state index contributed by atoms with van der Waals surface area (Å²) in [5.74, 6) is 0. The standard InChI is InChI=1S/C10H12F3NO/c1-6(15)9(14)7-3-2-4-8(5-7)10(11,12)13/h2-6,9,15H,14H2,1H3/t6-,9+/m0/s1. The molecule has 0 spiro atoms. The molecule has 2 nitrogen and oxygen atoms in total. The van der Waals surface area contributed by atoms with Crippen LogP contribution < -0.4 is 5.73 Å². The largest absolute Gasteiger partial charge is 0.416 e. The van der Waals surface area contributed by atoms with Crippen LogP contribution >= 0.6 is 0 Å². The van der Waals surface area contributed by atoms with E-state index >= 15 is 0 Å². The van der Waals surface area contributed by atoms with Gasteiger partial charge in [0.25, 0.3) is 0 Å². The van der Waals surface area contributed by atoms with Crippen LogP contribution in [0.5, 0.6) is 0 Å². The Morgan fingerprint density at radius 3 is 2.40 bits per heavy atom. The molecule has 5 heteroatoms. The van der Waals surface area contributed by atoms with Crippen LogP contribution in [0.15, 0.2) is 24.3 Å². The van der Waals surface area contributed by atoms with Gasteiger partial charge in [0.05, 0.1) is 17.7 Å². The Hall–Kier alpha value is -1.07. The van der Waals surface area contributed by atoms with E-state index in [2.05, 4.69) is 0 Å². The first-order valence-electron chi connectivity index (χ1n) is 4.43. The molecule has 2 atom stereocenters. The second kappa shape index (κ2) is 4.20. The van der Waals surface area contributed by atoms with Crippen LogP contribution in [-0.2, 0) is 6.18 Å². The Balaban J connectivity index is 3.03. The van der Waals surface area contributed by atoms with Crippen molar-refractivity contribution in [2.75, 3.05) is 0 Å². The molecule has 0 heterocycles. The first-order chi connectivity index (χ1) is 6.82. The van der Waals surface area contributed by atoms with Crippen molar-refractivity contribution in [1.82, 2.24) is 0 Å². The zero-order valence-corrected chi connectivity index (χ0v) is 8.12. The number of aliphatic hydroxyl groups is 1. The molecule has 0 bridgehead atoms. The number of nitrogens with two attached hydrogens (primary N) is 1. The first-order valence-corrected chi connectivity index (χ1v) is 4.43. The molecular weight excluding hydrogens is 207 g/mol. The zero-order chi connectivity index (χ0) is 11.6. The van der Waals surface area contributed by atoms with Crippen molar-refractivity contribution < 1.29 is 18.3 Å². The number of aliphatic hydroxyl groups excluding tert-OH is 1. The molecule has 0 amide bonds. The second-order valence-corrected chi connectivity index (χ2v) is 3.39. The van der Waals surface area contributed by atoms with Gasteiger partial charge in [0.15, 0.2) is 0 Å². The van der Waals surface area contributed by atoms with Gasteiger partial charge < -0.3 is 10.8 Å². The molecule has 1 rings (SSSR count). The molecule has 0 saturated carbocycles. The lowest BCUT2D eigenvalue weighted by molar-refractivity contribution is -0.137. The molecular formula is C10H12F3NO. The van der Waals surface area contributed by atoms with E-state index in [1.807, 2.05) is 0 Å². The summed E-state index contributed by atoms with van der Waals surface area (Å²) in [4.78, 5) is 0. The van der Waals surface area contributed by atoms with E-state index < -0.39 is 23.9 Å². The zero-order valence-electron chi connectivity index (χ0n) is 8.12. The third kappa shape index (κ3) is 2.94. The lowest BCUT2D eigenvalue weighted by atomic mass is 10.0. The molecule has 0 aliphatic heterocycles. The molecule has 1 aromatic carbocycles. The van der Waals surface area contributed by atoms with Crippen molar-refractivity contribution in [2.24, 2.45) is 5.73 Å². The molecule has 3 N–H and O–H groups in total. The topological polar surface area (TPSA) is 46.2 Å². The van der Waals surface area contributed by atoms with E-state index in [0.29, 0.717) is 0 Å². The minimum atomic E-state index is -4.38. The third-order valence-electron chi connectivity index (χ3n) is 2.12. The minimum Gasteiger partial charge on any atom is -0.391 e. The minimum absolute atomic E-state index is 0.278. The number of hydrogen-bond acceptors (Lipinski definition) is 2. The SMILES string of the molecule is C[C@H](O)[C@@H](N)c1cccc(C(F)(F)F)c1. The van der Waals surface area contributed by atoms with E-state index in [9.17, 15) is 13.2 Å². The van der Waals surface area contributed by atoms with Crippen LogP contribution in [-0.4, -0.2) is 11.2 Å². The summed E-state index contributed by atoms with van der Waals surface area (Å²) in [5.41, 5.74) is 5.06. The number of alkyl halides is 3. The Morgan fingerprint density at radius 1 is 1.33 bits per heavy atom. The summed E-state index contributed by atoms with van der Waals surface area (Å²) in [5, 5.41) is 9.16. The average molecular weight is 219 g/mol. The van der Waals surface area contributed by atoms with Gasteiger partial charge in [-0.1, -0.05) is 12.1 Å². The molecule has 1 aromatic rings. The van der Waals surface area contributed by atoms with Crippen molar-refractivity contribution in [2.45, 2.75) is 25.2 Å². The molecule has 0 unspecified atom stereocenters. The van der Waals surface area contributed by atoms with E-state index in [0.717, 1.165) is 12.1 Å². The lowest BCUT2D eigenvalue weighted by Crippen LogP contribution is -2.23. The summed E-state index contributed by atoms with van der Waals surface area (Å²) >= 11 is 0. The monoisotopic (exact) mass is 219 g/mol. The average Bonchev–Trinajstić information content (AvgIpc) is 2.15. The van der Waals surface area contributed by atoms with Crippen LogP contribution in [0, 0.1) is 0 Å². The van der Waals surface area contributed by atoms with Gasteiger partial charge >= 0.3 is 6.18 Å². The highest BCUT2D eigenvalue weighted by Gasteiger charge is 2.30. The number of hydrogen-bond donors (Lipinski definition) is 2. The molecule has 0 aromatic heterocycles. The molecule has 0 saturated heterocycles. The van der Waals surface area contributed by atoms with Gasteiger partial charge in [-0.2, -0.15) is 13.2 Å². The van der Waals surface area contributed by atoms with Gasteiger partial charge in [0.1, 0.15) is 0 Å². The van der Waals surface area contributed by atoms with Gasteiger partial charge in [-0.25, -0.2) is 0 Å². The normalized spacial score (nSPS) is 16.1. The molecule has 0 radical (unpaired) electrons. The molecule has 84 valence electrons. The maximum absolute atomic E-state index is 12.3. The number of rotatable bonds is 2. The summed E-state index contributed by atoms with van der Waals surface area (Å²) in [6.07, 6.45) is -5.26. The highest BCUT2D eigenvalue weighted by Crippen LogP contribution is 2.30. The van der Waals surface area contributed by atoms with Gasteiger partial charge in [-0.15, -0.1) is 0 Å². The van der Waals surface area contributed by atoms with Crippen molar-refractivity contribution in [3.8, 4) is 0 Å². The number of benzene rings is 1. The summed E-state index contributed by atoms with van der Waals surface area (Å²) in [7, 11) is 0. The third-order valence-corrected chi connectivity index (χ3v) is 2.12. The second-order valence-electron chi connectivity index (χ2n) is 3.39. The molecule has 0 fully saturated rings. The molecule has 0 aliphatic carbocycles. The first kappa shape index (κ1) is 12.0. The summed E-state index contributed by atoms with van der Waals surface area (Å²) in [6, 6.07) is 3.87. The Labute approximate surface area is 85.5 Å². The Bertz CT molecular complexity index is 336. The quantitative estimate of drug-likeness (QED) is 0.800. The van der Waals surface area contributed by atoms with Gasteiger partial charge in [0.2, 0.25) is 0 Å². The van der Waals surface area contributed by atoms with E-state index in [1.54, 1.807) is 0 Å². The lowest BCUT2D eigenvalue weighted by Gasteiger charge is -2.16. The van der Waals surface area contributed by atoms with Crippen LogP contribution in [0.4, 0.5) is 13.2 Å².